The maximum Gasteiger partial charge on any atom is 0.258 e. The third-order valence-corrected chi connectivity index (χ3v) is 3.09. The van der Waals surface area contributed by atoms with Gasteiger partial charge in [-0.2, -0.15) is 0 Å². The van der Waals surface area contributed by atoms with Crippen LogP contribution in [0.3, 0.4) is 0 Å². The highest BCUT2D eigenvalue weighted by atomic mass is 35.5. The summed E-state index contributed by atoms with van der Waals surface area (Å²) in [6, 6.07) is 7.51. The number of para-hydroxylation sites is 2. The van der Waals surface area contributed by atoms with Gasteiger partial charge in [0.05, 0.1) is 7.11 Å². The van der Waals surface area contributed by atoms with Crippen molar-refractivity contribution in [3.8, 4) is 11.5 Å². The van der Waals surface area contributed by atoms with Crippen LogP contribution in [0.5, 0.6) is 11.5 Å². The number of piperidine rings is 1. The van der Waals surface area contributed by atoms with E-state index in [4.69, 9.17) is 9.47 Å². The number of carbonyl (C=O) groups excluding carboxylic acids is 1. The van der Waals surface area contributed by atoms with E-state index in [0.29, 0.717) is 11.5 Å². The Morgan fingerprint density at radius 1 is 1.40 bits per heavy atom. The molecular formula is C14H21ClN2O3. The summed E-state index contributed by atoms with van der Waals surface area (Å²) in [5, 5.41) is 6.22. The number of halogens is 1. The van der Waals surface area contributed by atoms with Crippen LogP contribution in [0.2, 0.25) is 0 Å². The molecule has 1 atom stereocenters. The summed E-state index contributed by atoms with van der Waals surface area (Å²) in [6.07, 6.45) is 2.12. The predicted octanol–water partition coefficient (Wildman–Crippen LogP) is 1.36. The van der Waals surface area contributed by atoms with Gasteiger partial charge in [0.15, 0.2) is 18.1 Å². The van der Waals surface area contributed by atoms with Gasteiger partial charge in [-0.15, -0.1) is 12.4 Å². The minimum Gasteiger partial charge on any atom is -0.493 e. The lowest BCUT2D eigenvalue weighted by Crippen LogP contribution is -2.47. The number of benzene rings is 1. The van der Waals surface area contributed by atoms with Crippen LogP contribution in [-0.4, -0.2) is 38.8 Å². The number of amides is 1. The molecule has 0 aliphatic carbocycles. The van der Waals surface area contributed by atoms with Crippen molar-refractivity contribution in [3.05, 3.63) is 24.3 Å². The molecule has 6 heteroatoms. The zero-order valence-electron chi connectivity index (χ0n) is 11.6. The molecule has 5 nitrogen and oxygen atoms in total. The first-order valence-corrected chi connectivity index (χ1v) is 6.55. The van der Waals surface area contributed by atoms with Crippen molar-refractivity contribution in [3.63, 3.8) is 0 Å². The van der Waals surface area contributed by atoms with Crippen LogP contribution < -0.4 is 20.1 Å². The van der Waals surface area contributed by atoms with Gasteiger partial charge in [0, 0.05) is 12.6 Å². The van der Waals surface area contributed by atoms with Crippen LogP contribution in [0, 0.1) is 0 Å². The molecular weight excluding hydrogens is 280 g/mol. The Kier molecular flexibility index (Phi) is 7.18. The molecule has 1 heterocycles. The second-order valence-electron chi connectivity index (χ2n) is 4.55. The lowest BCUT2D eigenvalue weighted by molar-refractivity contribution is -0.123. The van der Waals surface area contributed by atoms with E-state index in [1.54, 1.807) is 19.2 Å². The number of hydrogen-bond acceptors (Lipinski definition) is 4. The molecule has 1 saturated heterocycles. The van der Waals surface area contributed by atoms with Gasteiger partial charge in [-0.3, -0.25) is 4.79 Å². The molecule has 112 valence electrons. The van der Waals surface area contributed by atoms with Crippen LogP contribution in [-0.2, 0) is 4.79 Å². The average molecular weight is 301 g/mol. The normalized spacial score (nSPS) is 17.8. The largest absolute Gasteiger partial charge is 0.493 e. The van der Waals surface area contributed by atoms with Gasteiger partial charge in [-0.05, 0) is 31.5 Å². The van der Waals surface area contributed by atoms with E-state index in [1.165, 1.54) is 0 Å². The second kappa shape index (κ2) is 8.66. The highest BCUT2D eigenvalue weighted by molar-refractivity contribution is 5.85. The van der Waals surface area contributed by atoms with Gasteiger partial charge in [0.25, 0.3) is 5.91 Å². The summed E-state index contributed by atoms with van der Waals surface area (Å²) >= 11 is 0. The monoisotopic (exact) mass is 300 g/mol. The van der Waals surface area contributed by atoms with Crippen molar-refractivity contribution >= 4 is 18.3 Å². The molecule has 1 aliphatic rings. The van der Waals surface area contributed by atoms with E-state index < -0.39 is 0 Å². The number of methoxy groups -OCH3 is 1. The molecule has 0 spiro atoms. The third-order valence-electron chi connectivity index (χ3n) is 3.09. The fraction of sp³-hybridized carbons (Fsp3) is 0.500. The third kappa shape index (κ3) is 4.90. The molecule has 1 amide bonds. The minimum absolute atomic E-state index is 0. The van der Waals surface area contributed by atoms with Crippen molar-refractivity contribution in [1.29, 1.82) is 0 Å². The van der Waals surface area contributed by atoms with Gasteiger partial charge in [0.1, 0.15) is 0 Å². The fourth-order valence-electron chi connectivity index (χ4n) is 2.13. The Labute approximate surface area is 125 Å². The van der Waals surface area contributed by atoms with Crippen LogP contribution in [0.25, 0.3) is 0 Å². The van der Waals surface area contributed by atoms with E-state index >= 15 is 0 Å². The number of ether oxygens (including phenoxy) is 2. The van der Waals surface area contributed by atoms with Crippen molar-refractivity contribution in [2.75, 3.05) is 26.8 Å². The van der Waals surface area contributed by atoms with Crippen molar-refractivity contribution in [2.24, 2.45) is 0 Å². The summed E-state index contributed by atoms with van der Waals surface area (Å²) in [7, 11) is 1.58. The second-order valence-corrected chi connectivity index (χ2v) is 4.55. The summed E-state index contributed by atoms with van der Waals surface area (Å²) in [5.41, 5.74) is 0. The van der Waals surface area contributed by atoms with E-state index in [2.05, 4.69) is 10.6 Å². The molecule has 1 fully saturated rings. The van der Waals surface area contributed by atoms with Crippen molar-refractivity contribution in [1.82, 2.24) is 10.6 Å². The first kappa shape index (κ1) is 16.6. The maximum atomic E-state index is 11.8. The SMILES string of the molecule is COc1ccccc1OCC(=O)NC1CCCNC1.Cl. The van der Waals surface area contributed by atoms with Gasteiger partial charge in [-0.25, -0.2) is 0 Å². The van der Waals surface area contributed by atoms with Gasteiger partial charge in [0.2, 0.25) is 0 Å². The number of rotatable bonds is 5. The molecule has 0 radical (unpaired) electrons. The molecule has 1 aromatic carbocycles. The van der Waals surface area contributed by atoms with Gasteiger partial charge >= 0.3 is 0 Å². The number of nitrogens with one attached hydrogen (secondary N) is 2. The number of hydrogen-bond donors (Lipinski definition) is 2. The zero-order chi connectivity index (χ0) is 13.5. The Morgan fingerprint density at radius 2 is 2.15 bits per heavy atom. The Morgan fingerprint density at radius 3 is 2.80 bits per heavy atom. The van der Waals surface area contributed by atoms with E-state index in [9.17, 15) is 4.79 Å². The summed E-state index contributed by atoms with van der Waals surface area (Å²) in [5.74, 6) is 1.12. The molecule has 20 heavy (non-hydrogen) atoms. The van der Waals surface area contributed by atoms with E-state index in [0.717, 1.165) is 25.9 Å². The average Bonchev–Trinajstić information content (AvgIpc) is 2.46. The first-order valence-electron chi connectivity index (χ1n) is 6.55. The van der Waals surface area contributed by atoms with Gasteiger partial charge in [-0.1, -0.05) is 12.1 Å². The topological polar surface area (TPSA) is 59.6 Å². The van der Waals surface area contributed by atoms with Gasteiger partial charge < -0.3 is 20.1 Å². The molecule has 2 rings (SSSR count). The van der Waals surface area contributed by atoms with Crippen LogP contribution >= 0.6 is 12.4 Å². The molecule has 1 aliphatic heterocycles. The molecule has 0 bridgehead atoms. The highest BCUT2D eigenvalue weighted by Gasteiger charge is 2.15. The van der Waals surface area contributed by atoms with Crippen molar-refractivity contribution in [2.45, 2.75) is 18.9 Å². The zero-order valence-corrected chi connectivity index (χ0v) is 12.4. The molecule has 0 saturated carbocycles. The van der Waals surface area contributed by atoms with E-state index in [-0.39, 0.29) is 31.0 Å². The first-order chi connectivity index (χ1) is 9.29. The fourth-order valence-corrected chi connectivity index (χ4v) is 2.13. The lowest BCUT2D eigenvalue weighted by Gasteiger charge is -2.23. The number of carbonyl (C=O) groups is 1. The minimum atomic E-state index is -0.0976. The smallest absolute Gasteiger partial charge is 0.258 e. The van der Waals surface area contributed by atoms with E-state index in [1.807, 2.05) is 12.1 Å². The lowest BCUT2D eigenvalue weighted by atomic mass is 10.1. The molecule has 2 N–H and O–H groups in total. The van der Waals surface area contributed by atoms with Crippen LogP contribution in [0.1, 0.15) is 12.8 Å². The van der Waals surface area contributed by atoms with Crippen LogP contribution in [0.15, 0.2) is 24.3 Å². The Hall–Kier alpha value is -1.46. The molecule has 1 aromatic rings. The Balaban J connectivity index is 0.00000200. The summed E-state index contributed by atoms with van der Waals surface area (Å²) in [4.78, 5) is 11.8. The maximum absolute atomic E-state index is 11.8. The molecule has 0 aromatic heterocycles. The quantitative estimate of drug-likeness (QED) is 0.862. The van der Waals surface area contributed by atoms with Crippen LogP contribution in [0.4, 0.5) is 0 Å². The molecule has 1 unspecified atom stereocenters. The van der Waals surface area contributed by atoms with Crippen molar-refractivity contribution < 1.29 is 14.3 Å². The standard InChI is InChI=1S/C14H20N2O3.ClH/c1-18-12-6-2-3-7-13(12)19-10-14(17)16-11-5-4-8-15-9-11;/h2-3,6-7,11,15H,4-5,8-10H2,1H3,(H,16,17);1H. The highest BCUT2D eigenvalue weighted by Crippen LogP contribution is 2.25. The summed E-state index contributed by atoms with van der Waals surface area (Å²) < 4.78 is 10.6. The predicted molar refractivity (Wildman–Crippen MR) is 79.8 cm³/mol. The summed E-state index contributed by atoms with van der Waals surface area (Å²) in [6.45, 7) is 1.88. The Bertz CT molecular complexity index is 423.